The van der Waals surface area contributed by atoms with E-state index in [0.29, 0.717) is 32.1 Å². The molecule has 7 heteroatoms. The van der Waals surface area contributed by atoms with E-state index in [9.17, 15) is 4.79 Å². The second-order valence-electron chi connectivity index (χ2n) is 5.36. The summed E-state index contributed by atoms with van der Waals surface area (Å²) in [6.45, 7) is 4.65. The molecule has 24 heavy (non-hydrogen) atoms. The molecule has 3 rings (SSSR count). The molecule has 1 aromatic heterocycles. The van der Waals surface area contributed by atoms with Crippen LogP contribution in [0.5, 0.6) is 0 Å². The number of amides is 1. The van der Waals surface area contributed by atoms with Crippen molar-refractivity contribution in [3.8, 4) is 0 Å². The summed E-state index contributed by atoms with van der Waals surface area (Å²) in [5, 5.41) is 1.63. The van der Waals surface area contributed by atoms with Gasteiger partial charge in [-0.15, -0.1) is 0 Å². The lowest BCUT2D eigenvalue weighted by molar-refractivity contribution is -0.132. The van der Waals surface area contributed by atoms with Crippen LogP contribution in [0.1, 0.15) is 5.56 Å². The van der Waals surface area contributed by atoms with Crippen LogP contribution in [-0.4, -0.2) is 52.8 Å². The normalized spacial score (nSPS) is 14.6. The van der Waals surface area contributed by atoms with Crippen LogP contribution in [0.15, 0.2) is 51.6 Å². The zero-order valence-corrected chi connectivity index (χ0v) is 15.1. The fourth-order valence-electron chi connectivity index (χ4n) is 2.23. The number of aromatic nitrogens is 2. The van der Waals surface area contributed by atoms with Gasteiger partial charge in [-0.2, -0.15) is 0 Å². The van der Waals surface area contributed by atoms with Gasteiger partial charge in [-0.25, -0.2) is 9.97 Å². The maximum absolute atomic E-state index is 12.3. The fraction of sp³-hybridized carbons (Fsp3) is 0.353. The largest absolute Gasteiger partial charge is 0.378 e. The molecule has 1 fully saturated rings. The first-order valence-corrected chi connectivity index (χ1v) is 9.56. The average molecular weight is 361 g/mol. The number of carbonyl (C=O) groups excluding carboxylic acids is 1. The topological polar surface area (TPSA) is 55.3 Å². The third-order valence-electron chi connectivity index (χ3n) is 3.56. The lowest BCUT2D eigenvalue weighted by Gasteiger charge is -2.26. The van der Waals surface area contributed by atoms with Crippen LogP contribution in [-0.2, 0) is 9.53 Å². The number of aryl methyl sites for hydroxylation is 1. The number of carbonyl (C=O) groups is 1. The number of thioether (sulfide) groups is 1. The van der Waals surface area contributed by atoms with Crippen molar-refractivity contribution in [2.75, 3.05) is 32.1 Å². The summed E-state index contributed by atoms with van der Waals surface area (Å²) in [5.41, 5.74) is 1.23. The molecule has 0 unspecified atom stereocenters. The molecule has 0 atom stereocenters. The monoisotopic (exact) mass is 361 g/mol. The Labute approximate surface area is 150 Å². The molecule has 1 amide bonds. The second-order valence-corrected chi connectivity index (χ2v) is 7.39. The number of benzene rings is 1. The lowest BCUT2D eigenvalue weighted by atomic mass is 10.2. The Morgan fingerprint density at radius 3 is 2.50 bits per heavy atom. The van der Waals surface area contributed by atoms with Crippen LogP contribution in [0.2, 0.25) is 0 Å². The Morgan fingerprint density at radius 2 is 1.79 bits per heavy atom. The summed E-state index contributed by atoms with van der Waals surface area (Å²) >= 11 is 3.02. The Kier molecular flexibility index (Phi) is 6.12. The minimum absolute atomic E-state index is 0.125. The van der Waals surface area contributed by atoms with Gasteiger partial charge in [0, 0.05) is 30.4 Å². The van der Waals surface area contributed by atoms with Crippen molar-refractivity contribution in [1.29, 1.82) is 0 Å². The fourth-order valence-corrected chi connectivity index (χ4v) is 4.04. The first-order chi connectivity index (χ1) is 11.7. The second kappa shape index (κ2) is 8.50. The highest BCUT2D eigenvalue weighted by molar-refractivity contribution is 8.02. The van der Waals surface area contributed by atoms with E-state index in [0.717, 1.165) is 14.9 Å². The Hall–Kier alpha value is -1.57. The highest BCUT2D eigenvalue weighted by atomic mass is 32.2. The van der Waals surface area contributed by atoms with E-state index in [4.69, 9.17) is 4.74 Å². The molecule has 1 aliphatic heterocycles. The van der Waals surface area contributed by atoms with E-state index < -0.39 is 0 Å². The molecule has 0 spiro atoms. The molecule has 0 N–H and O–H groups in total. The molecule has 2 aromatic rings. The highest BCUT2D eigenvalue weighted by Crippen LogP contribution is 2.32. The van der Waals surface area contributed by atoms with Gasteiger partial charge in [0.25, 0.3) is 0 Å². The van der Waals surface area contributed by atoms with Crippen molar-refractivity contribution >= 4 is 29.4 Å². The van der Waals surface area contributed by atoms with Gasteiger partial charge in [0.05, 0.1) is 19.0 Å². The van der Waals surface area contributed by atoms with Crippen LogP contribution >= 0.6 is 23.5 Å². The van der Waals surface area contributed by atoms with E-state index in [2.05, 4.69) is 41.2 Å². The zero-order chi connectivity index (χ0) is 16.8. The molecule has 0 radical (unpaired) electrons. The lowest BCUT2D eigenvalue weighted by Crippen LogP contribution is -2.41. The molecule has 0 aliphatic carbocycles. The summed E-state index contributed by atoms with van der Waals surface area (Å²) in [6, 6.07) is 8.30. The predicted octanol–water partition coefficient (Wildman–Crippen LogP) is 2.89. The molecule has 126 valence electrons. The van der Waals surface area contributed by atoms with Gasteiger partial charge in [0.2, 0.25) is 5.91 Å². The van der Waals surface area contributed by atoms with Crippen molar-refractivity contribution < 1.29 is 9.53 Å². The SMILES string of the molecule is Cc1ccc(Sc2nccnc2SCC(=O)N2CCOCC2)cc1. The van der Waals surface area contributed by atoms with Gasteiger partial charge in [0.15, 0.2) is 0 Å². The van der Waals surface area contributed by atoms with Crippen molar-refractivity contribution in [3.05, 3.63) is 42.2 Å². The number of nitrogens with zero attached hydrogens (tertiary/aromatic N) is 3. The summed E-state index contributed by atoms with van der Waals surface area (Å²) in [5.74, 6) is 0.500. The molecule has 0 saturated carbocycles. The first kappa shape index (κ1) is 17.3. The highest BCUT2D eigenvalue weighted by Gasteiger charge is 2.18. The summed E-state index contributed by atoms with van der Waals surface area (Å²) in [6.07, 6.45) is 3.35. The van der Waals surface area contributed by atoms with E-state index in [1.165, 1.54) is 17.3 Å². The number of hydrogen-bond acceptors (Lipinski definition) is 6. The van der Waals surface area contributed by atoms with Gasteiger partial charge < -0.3 is 9.64 Å². The maximum atomic E-state index is 12.3. The van der Waals surface area contributed by atoms with Crippen LogP contribution < -0.4 is 0 Å². The number of morpholine rings is 1. The number of ether oxygens (including phenoxy) is 1. The molecule has 1 aliphatic rings. The minimum Gasteiger partial charge on any atom is -0.378 e. The van der Waals surface area contributed by atoms with Crippen molar-refractivity contribution in [1.82, 2.24) is 14.9 Å². The van der Waals surface area contributed by atoms with Crippen LogP contribution in [0.25, 0.3) is 0 Å². The Morgan fingerprint density at radius 1 is 1.12 bits per heavy atom. The van der Waals surface area contributed by atoms with Gasteiger partial charge in [-0.1, -0.05) is 41.2 Å². The average Bonchev–Trinajstić information content (AvgIpc) is 2.63. The van der Waals surface area contributed by atoms with E-state index in [1.54, 1.807) is 24.2 Å². The summed E-state index contributed by atoms with van der Waals surface area (Å²) in [7, 11) is 0. The third-order valence-corrected chi connectivity index (χ3v) is 5.66. The molecule has 2 heterocycles. The smallest absolute Gasteiger partial charge is 0.233 e. The van der Waals surface area contributed by atoms with E-state index in [1.807, 2.05) is 4.90 Å². The molecule has 1 saturated heterocycles. The standard InChI is InChI=1S/C17H19N3O2S2/c1-13-2-4-14(5-3-13)24-17-16(18-6-7-19-17)23-12-15(21)20-8-10-22-11-9-20/h2-7H,8-12H2,1H3. The molecule has 5 nitrogen and oxygen atoms in total. The van der Waals surface area contributed by atoms with E-state index in [-0.39, 0.29) is 5.91 Å². The number of rotatable bonds is 5. The summed E-state index contributed by atoms with van der Waals surface area (Å²) in [4.78, 5) is 24.0. The maximum Gasteiger partial charge on any atom is 0.233 e. The third kappa shape index (κ3) is 4.72. The van der Waals surface area contributed by atoms with Gasteiger partial charge >= 0.3 is 0 Å². The molecule has 1 aromatic carbocycles. The first-order valence-electron chi connectivity index (χ1n) is 7.76. The van der Waals surface area contributed by atoms with Crippen LogP contribution in [0, 0.1) is 6.92 Å². The van der Waals surface area contributed by atoms with Crippen LogP contribution in [0.3, 0.4) is 0 Å². The van der Waals surface area contributed by atoms with Gasteiger partial charge in [0.1, 0.15) is 10.1 Å². The summed E-state index contributed by atoms with van der Waals surface area (Å²) < 4.78 is 5.28. The van der Waals surface area contributed by atoms with E-state index >= 15 is 0 Å². The molecular weight excluding hydrogens is 342 g/mol. The molecular formula is C17H19N3O2S2. The van der Waals surface area contributed by atoms with Gasteiger partial charge in [-0.3, -0.25) is 4.79 Å². The van der Waals surface area contributed by atoms with Crippen molar-refractivity contribution in [2.24, 2.45) is 0 Å². The zero-order valence-electron chi connectivity index (χ0n) is 13.5. The Balaban J connectivity index is 1.63. The molecule has 0 bridgehead atoms. The van der Waals surface area contributed by atoms with Crippen molar-refractivity contribution in [3.63, 3.8) is 0 Å². The van der Waals surface area contributed by atoms with Crippen molar-refractivity contribution in [2.45, 2.75) is 21.9 Å². The van der Waals surface area contributed by atoms with Crippen LogP contribution in [0.4, 0.5) is 0 Å². The minimum atomic E-state index is 0.125. The van der Waals surface area contributed by atoms with Gasteiger partial charge in [-0.05, 0) is 19.1 Å². The predicted molar refractivity (Wildman–Crippen MR) is 95.5 cm³/mol. The number of hydrogen-bond donors (Lipinski definition) is 0. The Bertz CT molecular complexity index is 688. The quantitative estimate of drug-likeness (QED) is 0.764.